The van der Waals surface area contributed by atoms with Gasteiger partial charge in [0.05, 0.1) is 11.7 Å². The van der Waals surface area contributed by atoms with E-state index in [1.165, 1.54) is 0 Å². The molecule has 5 heteroatoms. The molecule has 0 spiro atoms. The topological polar surface area (TPSA) is 60.1 Å². The summed E-state index contributed by atoms with van der Waals surface area (Å²) in [6, 6.07) is 21.0. The second-order valence-electron chi connectivity index (χ2n) is 6.30. The largest absolute Gasteiger partial charge is 0.459 e. The van der Waals surface area contributed by atoms with Crippen molar-refractivity contribution in [3.05, 3.63) is 83.9 Å². The molecule has 0 aliphatic heterocycles. The van der Waals surface area contributed by atoms with Crippen molar-refractivity contribution < 1.29 is 9.21 Å². The zero-order valence-electron chi connectivity index (χ0n) is 14.6. The van der Waals surface area contributed by atoms with E-state index in [0.29, 0.717) is 5.69 Å². The molecule has 4 aromatic rings. The Kier molecular flexibility index (Phi) is 4.05. The highest BCUT2D eigenvalue weighted by Gasteiger charge is 2.18. The standard InChI is InChI=1S/C21H19N3O2/c1-14-12-18(23-24(14)17-9-4-3-5-10-17)21(25)22-15(2)20-13-16-8-6-7-11-19(16)26-20/h3-13,15H,1-2H3,(H,22,25). The lowest BCUT2D eigenvalue weighted by Gasteiger charge is -2.09. The van der Waals surface area contributed by atoms with Crippen LogP contribution in [0.1, 0.15) is 34.9 Å². The predicted molar refractivity (Wildman–Crippen MR) is 100 cm³/mol. The van der Waals surface area contributed by atoms with Crippen LogP contribution in [0.2, 0.25) is 0 Å². The fourth-order valence-corrected chi connectivity index (χ4v) is 2.97. The summed E-state index contributed by atoms with van der Waals surface area (Å²) in [4.78, 5) is 12.6. The number of aryl methyl sites for hydroxylation is 1. The lowest BCUT2D eigenvalue weighted by Crippen LogP contribution is -2.26. The Balaban J connectivity index is 1.54. The Bertz CT molecular complexity index is 1030. The molecule has 0 aliphatic carbocycles. The third kappa shape index (κ3) is 2.99. The number of fused-ring (bicyclic) bond motifs is 1. The van der Waals surface area contributed by atoms with Crippen molar-refractivity contribution in [3.8, 4) is 5.69 Å². The van der Waals surface area contributed by atoms with Gasteiger partial charge in [0, 0.05) is 11.1 Å². The molecule has 4 rings (SSSR count). The normalized spacial score (nSPS) is 12.2. The number of para-hydroxylation sites is 2. The van der Waals surface area contributed by atoms with E-state index in [2.05, 4.69) is 10.4 Å². The highest BCUT2D eigenvalue weighted by molar-refractivity contribution is 5.92. The van der Waals surface area contributed by atoms with E-state index in [1.54, 1.807) is 10.7 Å². The molecular formula is C21H19N3O2. The SMILES string of the molecule is Cc1cc(C(=O)NC(C)c2cc3ccccc3o2)nn1-c1ccccc1. The maximum absolute atomic E-state index is 12.6. The van der Waals surface area contributed by atoms with E-state index in [1.807, 2.05) is 74.5 Å². The minimum absolute atomic E-state index is 0.226. The van der Waals surface area contributed by atoms with Gasteiger partial charge >= 0.3 is 0 Å². The number of hydrogen-bond acceptors (Lipinski definition) is 3. The maximum atomic E-state index is 12.6. The van der Waals surface area contributed by atoms with Gasteiger partial charge in [-0.3, -0.25) is 4.79 Å². The minimum Gasteiger partial charge on any atom is -0.459 e. The van der Waals surface area contributed by atoms with E-state index < -0.39 is 0 Å². The molecule has 0 radical (unpaired) electrons. The number of carbonyl (C=O) groups excluding carboxylic acids is 1. The smallest absolute Gasteiger partial charge is 0.272 e. The fourth-order valence-electron chi connectivity index (χ4n) is 2.97. The zero-order valence-corrected chi connectivity index (χ0v) is 14.6. The number of carbonyl (C=O) groups is 1. The molecule has 2 aromatic heterocycles. The lowest BCUT2D eigenvalue weighted by atomic mass is 10.2. The second-order valence-corrected chi connectivity index (χ2v) is 6.30. The van der Waals surface area contributed by atoms with Gasteiger partial charge in [0.15, 0.2) is 5.69 Å². The van der Waals surface area contributed by atoms with Crippen molar-refractivity contribution in [3.63, 3.8) is 0 Å². The first-order chi connectivity index (χ1) is 12.6. The third-order valence-electron chi connectivity index (χ3n) is 4.34. The van der Waals surface area contributed by atoms with Crippen LogP contribution < -0.4 is 5.32 Å². The molecule has 1 amide bonds. The van der Waals surface area contributed by atoms with Crippen LogP contribution in [0.25, 0.3) is 16.7 Å². The van der Waals surface area contributed by atoms with Gasteiger partial charge in [-0.1, -0.05) is 36.4 Å². The first kappa shape index (κ1) is 16.1. The van der Waals surface area contributed by atoms with Crippen LogP contribution in [-0.2, 0) is 0 Å². The fraction of sp³-hybridized carbons (Fsp3) is 0.143. The van der Waals surface area contributed by atoms with Crippen molar-refractivity contribution >= 4 is 16.9 Å². The Morgan fingerprint density at radius 1 is 1.08 bits per heavy atom. The second kappa shape index (κ2) is 6.52. The van der Waals surface area contributed by atoms with Gasteiger partial charge < -0.3 is 9.73 Å². The van der Waals surface area contributed by atoms with E-state index >= 15 is 0 Å². The minimum atomic E-state index is -0.253. The summed E-state index contributed by atoms with van der Waals surface area (Å²) in [5.74, 6) is 0.495. The molecule has 1 atom stereocenters. The van der Waals surface area contributed by atoms with Gasteiger partial charge in [0.2, 0.25) is 0 Å². The first-order valence-corrected chi connectivity index (χ1v) is 8.53. The summed E-state index contributed by atoms with van der Waals surface area (Å²) in [5, 5.41) is 8.42. The van der Waals surface area contributed by atoms with Crippen molar-refractivity contribution in [1.82, 2.24) is 15.1 Å². The van der Waals surface area contributed by atoms with Gasteiger partial charge in [-0.15, -0.1) is 0 Å². The van der Waals surface area contributed by atoms with E-state index in [4.69, 9.17) is 4.42 Å². The summed E-state index contributed by atoms with van der Waals surface area (Å²) in [6.45, 7) is 3.83. The Labute approximate surface area is 151 Å². The molecule has 2 aromatic carbocycles. The lowest BCUT2D eigenvalue weighted by molar-refractivity contribution is 0.0930. The number of amides is 1. The van der Waals surface area contributed by atoms with E-state index in [9.17, 15) is 4.79 Å². The summed E-state index contributed by atoms with van der Waals surface area (Å²) in [6.07, 6.45) is 0. The molecule has 0 bridgehead atoms. The number of benzene rings is 2. The van der Waals surface area contributed by atoms with Crippen LogP contribution in [0, 0.1) is 6.92 Å². The molecule has 2 heterocycles. The number of furan rings is 1. The highest BCUT2D eigenvalue weighted by Crippen LogP contribution is 2.23. The quantitative estimate of drug-likeness (QED) is 0.596. The van der Waals surface area contributed by atoms with Crippen LogP contribution in [0.3, 0.4) is 0 Å². The zero-order chi connectivity index (χ0) is 18.1. The maximum Gasteiger partial charge on any atom is 0.272 e. The average Bonchev–Trinajstić information content (AvgIpc) is 3.26. The van der Waals surface area contributed by atoms with Gasteiger partial charge in [-0.25, -0.2) is 4.68 Å². The molecule has 130 valence electrons. The highest BCUT2D eigenvalue weighted by atomic mass is 16.3. The first-order valence-electron chi connectivity index (χ1n) is 8.53. The molecule has 5 nitrogen and oxygen atoms in total. The number of hydrogen-bond donors (Lipinski definition) is 1. The average molecular weight is 345 g/mol. The molecule has 1 N–H and O–H groups in total. The Morgan fingerprint density at radius 3 is 2.58 bits per heavy atom. The number of nitrogens with one attached hydrogen (secondary N) is 1. The van der Waals surface area contributed by atoms with Crippen LogP contribution in [0.15, 0.2) is 71.1 Å². The van der Waals surface area contributed by atoms with E-state index in [-0.39, 0.29) is 11.9 Å². The molecule has 26 heavy (non-hydrogen) atoms. The van der Waals surface area contributed by atoms with Crippen LogP contribution in [0.5, 0.6) is 0 Å². The third-order valence-corrected chi connectivity index (χ3v) is 4.34. The molecular weight excluding hydrogens is 326 g/mol. The summed E-state index contributed by atoms with van der Waals surface area (Å²) < 4.78 is 7.59. The van der Waals surface area contributed by atoms with Crippen molar-refractivity contribution in [2.24, 2.45) is 0 Å². The van der Waals surface area contributed by atoms with Gasteiger partial charge in [-0.05, 0) is 44.2 Å². The van der Waals surface area contributed by atoms with Crippen molar-refractivity contribution in [1.29, 1.82) is 0 Å². The molecule has 0 saturated heterocycles. The summed E-state index contributed by atoms with van der Waals surface area (Å²) in [7, 11) is 0. The van der Waals surface area contributed by atoms with Crippen LogP contribution in [-0.4, -0.2) is 15.7 Å². The van der Waals surface area contributed by atoms with Gasteiger partial charge in [-0.2, -0.15) is 5.10 Å². The van der Waals surface area contributed by atoms with Gasteiger partial charge in [0.1, 0.15) is 11.3 Å². The number of aromatic nitrogens is 2. The van der Waals surface area contributed by atoms with Gasteiger partial charge in [0.25, 0.3) is 5.91 Å². The summed E-state index contributed by atoms with van der Waals surface area (Å²) in [5.41, 5.74) is 3.02. The summed E-state index contributed by atoms with van der Waals surface area (Å²) >= 11 is 0. The molecule has 0 aliphatic rings. The molecule has 1 unspecified atom stereocenters. The van der Waals surface area contributed by atoms with E-state index in [0.717, 1.165) is 28.1 Å². The number of rotatable bonds is 4. The van der Waals surface area contributed by atoms with Crippen molar-refractivity contribution in [2.75, 3.05) is 0 Å². The predicted octanol–water partition coefficient (Wildman–Crippen LogP) is 4.42. The monoisotopic (exact) mass is 345 g/mol. The van der Waals surface area contributed by atoms with Crippen LogP contribution in [0.4, 0.5) is 0 Å². The molecule has 0 fully saturated rings. The number of nitrogens with zero attached hydrogens (tertiary/aromatic N) is 2. The Hall–Kier alpha value is -3.34. The Morgan fingerprint density at radius 2 is 1.81 bits per heavy atom. The van der Waals surface area contributed by atoms with Crippen LogP contribution >= 0.6 is 0 Å². The molecule has 0 saturated carbocycles. The van der Waals surface area contributed by atoms with Crippen molar-refractivity contribution in [2.45, 2.75) is 19.9 Å².